The van der Waals surface area contributed by atoms with Gasteiger partial charge in [0.1, 0.15) is 11.8 Å². The Labute approximate surface area is 190 Å². The molecule has 2 aromatic carbocycles. The van der Waals surface area contributed by atoms with Gasteiger partial charge in [0, 0.05) is 5.56 Å². The second-order valence-electron chi connectivity index (χ2n) is 7.43. The van der Waals surface area contributed by atoms with E-state index in [1.54, 1.807) is 42.5 Å². The van der Waals surface area contributed by atoms with E-state index in [-0.39, 0.29) is 19.3 Å². The quantitative estimate of drug-likeness (QED) is 0.336. The van der Waals surface area contributed by atoms with Crippen molar-refractivity contribution in [2.24, 2.45) is 11.0 Å². The highest BCUT2D eigenvalue weighted by Gasteiger charge is 2.25. The normalized spacial score (nSPS) is 13.0. The molecule has 0 saturated heterocycles. The Morgan fingerprint density at radius 1 is 1.12 bits per heavy atom. The lowest BCUT2D eigenvalue weighted by molar-refractivity contribution is -0.142. The van der Waals surface area contributed by atoms with Crippen molar-refractivity contribution in [3.8, 4) is 17.2 Å². The lowest BCUT2D eigenvalue weighted by Crippen LogP contribution is -2.48. The van der Waals surface area contributed by atoms with Gasteiger partial charge in [0.25, 0.3) is 11.8 Å². The molecule has 174 valence electrons. The number of ether oxygens (including phenoxy) is 4. The summed E-state index contributed by atoms with van der Waals surface area (Å²) in [6.07, 6.45) is 1.43. The van der Waals surface area contributed by atoms with Gasteiger partial charge in [0.15, 0.2) is 18.1 Å². The predicted molar refractivity (Wildman–Crippen MR) is 118 cm³/mol. The maximum Gasteiger partial charge on any atom is 0.343 e. The summed E-state index contributed by atoms with van der Waals surface area (Å²) in [6.45, 7) is 3.52. The van der Waals surface area contributed by atoms with E-state index in [2.05, 4.69) is 20.6 Å². The molecule has 0 spiro atoms. The highest BCUT2D eigenvalue weighted by Crippen LogP contribution is 2.32. The molecule has 1 unspecified atom stereocenters. The highest BCUT2D eigenvalue weighted by atomic mass is 16.7. The zero-order valence-corrected chi connectivity index (χ0v) is 18.5. The van der Waals surface area contributed by atoms with E-state index in [1.807, 2.05) is 13.8 Å². The molecule has 10 heteroatoms. The summed E-state index contributed by atoms with van der Waals surface area (Å²) in [5, 5.41) is 6.69. The van der Waals surface area contributed by atoms with Gasteiger partial charge in [-0.25, -0.2) is 10.2 Å². The molecule has 33 heavy (non-hydrogen) atoms. The Morgan fingerprint density at radius 2 is 1.91 bits per heavy atom. The van der Waals surface area contributed by atoms with Crippen molar-refractivity contribution in [2.45, 2.75) is 19.9 Å². The number of hydrogen-bond donors (Lipinski definition) is 2. The third-order valence-electron chi connectivity index (χ3n) is 4.70. The van der Waals surface area contributed by atoms with E-state index in [0.717, 1.165) is 0 Å². The molecule has 10 nitrogen and oxygen atoms in total. The van der Waals surface area contributed by atoms with Crippen LogP contribution in [0.25, 0.3) is 0 Å². The van der Waals surface area contributed by atoms with E-state index in [9.17, 15) is 14.4 Å². The van der Waals surface area contributed by atoms with Gasteiger partial charge in [-0.15, -0.1) is 0 Å². The fourth-order valence-corrected chi connectivity index (χ4v) is 2.92. The molecule has 2 N–H and O–H groups in total. The number of amides is 2. The van der Waals surface area contributed by atoms with Gasteiger partial charge in [0.05, 0.1) is 13.3 Å². The number of nitrogens with zero attached hydrogens (tertiary/aromatic N) is 1. The molecule has 0 bridgehead atoms. The third kappa shape index (κ3) is 6.45. The molecule has 1 heterocycles. The molecule has 2 aromatic rings. The Balaban J connectivity index is 1.58. The van der Waals surface area contributed by atoms with E-state index >= 15 is 0 Å². The van der Waals surface area contributed by atoms with Crippen molar-refractivity contribution in [3.63, 3.8) is 0 Å². The summed E-state index contributed by atoms with van der Waals surface area (Å²) in [7, 11) is 1.28. The number of carbonyl (C=O) groups is 3. The zero-order valence-electron chi connectivity index (χ0n) is 18.5. The van der Waals surface area contributed by atoms with Crippen LogP contribution in [0.4, 0.5) is 0 Å². The van der Waals surface area contributed by atoms with Crippen molar-refractivity contribution in [1.82, 2.24) is 10.7 Å². The van der Waals surface area contributed by atoms with Crippen molar-refractivity contribution in [1.29, 1.82) is 0 Å². The molecule has 0 fully saturated rings. The van der Waals surface area contributed by atoms with Crippen LogP contribution >= 0.6 is 0 Å². The van der Waals surface area contributed by atoms with Crippen molar-refractivity contribution < 1.29 is 33.3 Å². The predicted octanol–water partition coefficient (Wildman–Crippen LogP) is 1.87. The molecule has 3 rings (SSSR count). The monoisotopic (exact) mass is 455 g/mol. The first kappa shape index (κ1) is 23.6. The van der Waals surface area contributed by atoms with Crippen LogP contribution in [0.15, 0.2) is 47.6 Å². The van der Waals surface area contributed by atoms with E-state index in [4.69, 9.17) is 14.2 Å². The van der Waals surface area contributed by atoms with Gasteiger partial charge in [-0.3, -0.25) is 9.59 Å². The lowest BCUT2D eigenvalue weighted by Gasteiger charge is -2.20. The first-order valence-corrected chi connectivity index (χ1v) is 10.2. The van der Waals surface area contributed by atoms with Crippen LogP contribution in [-0.2, 0) is 14.3 Å². The molecule has 0 saturated carbocycles. The second kappa shape index (κ2) is 11.0. The molecule has 2 amide bonds. The average molecular weight is 455 g/mol. The molecule has 1 aliphatic rings. The number of methoxy groups -OCH3 is 1. The summed E-state index contributed by atoms with van der Waals surface area (Å²) >= 11 is 0. The molecular formula is C23H25N3O7. The van der Waals surface area contributed by atoms with Gasteiger partial charge in [0.2, 0.25) is 6.79 Å². The fraction of sp³-hybridized carbons (Fsp3) is 0.304. The van der Waals surface area contributed by atoms with Crippen LogP contribution in [0.2, 0.25) is 0 Å². The summed E-state index contributed by atoms with van der Waals surface area (Å²) in [4.78, 5) is 36.5. The Kier molecular flexibility index (Phi) is 7.85. The number of carbonyl (C=O) groups excluding carboxylic acids is 3. The largest absolute Gasteiger partial charge is 0.482 e. The Bertz CT molecular complexity index is 1050. The van der Waals surface area contributed by atoms with Crippen LogP contribution in [0.5, 0.6) is 17.2 Å². The minimum atomic E-state index is -0.810. The maximum absolute atomic E-state index is 12.7. The number of hydrogen-bond acceptors (Lipinski definition) is 8. The topological polar surface area (TPSA) is 125 Å². The molecule has 0 aliphatic carbocycles. The van der Waals surface area contributed by atoms with Gasteiger partial charge in [-0.1, -0.05) is 26.0 Å². The first-order valence-electron chi connectivity index (χ1n) is 10.2. The van der Waals surface area contributed by atoms with E-state index < -0.39 is 23.8 Å². The smallest absolute Gasteiger partial charge is 0.343 e. The standard InChI is InChI=1S/C23H25N3O7/c1-14(2)21(25-22(28)16-7-8-18-19(10-16)33-13-32-18)23(29)26-24-11-15-5-4-6-17(9-15)31-12-20(27)30-3/h4-11,14,21H,12-13H2,1-3H3,(H,25,28)(H,26,29)/b24-11+. The summed E-state index contributed by atoms with van der Waals surface area (Å²) in [6, 6.07) is 10.8. The number of fused-ring (bicyclic) bond motifs is 1. The van der Waals surface area contributed by atoms with Crippen LogP contribution in [0.3, 0.4) is 0 Å². The van der Waals surface area contributed by atoms with Gasteiger partial charge >= 0.3 is 5.97 Å². The maximum atomic E-state index is 12.7. The molecule has 1 atom stereocenters. The van der Waals surface area contributed by atoms with Gasteiger partial charge < -0.3 is 24.3 Å². The zero-order chi connectivity index (χ0) is 23.8. The fourth-order valence-electron chi connectivity index (χ4n) is 2.92. The summed E-state index contributed by atoms with van der Waals surface area (Å²) < 4.78 is 20.4. The third-order valence-corrected chi connectivity index (χ3v) is 4.70. The van der Waals surface area contributed by atoms with Crippen molar-refractivity contribution >= 4 is 24.0 Å². The number of hydrazone groups is 1. The SMILES string of the molecule is COC(=O)COc1cccc(/C=N/NC(=O)C(NC(=O)c2ccc3c(c2)OCO3)C(C)C)c1. The summed E-state index contributed by atoms with van der Waals surface area (Å²) in [5.41, 5.74) is 3.44. The molecule has 1 aliphatic heterocycles. The number of benzene rings is 2. The minimum Gasteiger partial charge on any atom is -0.482 e. The van der Waals surface area contributed by atoms with Gasteiger partial charge in [-0.2, -0.15) is 5.10 Å². The minimum absolute atomic E-state index is 0.107. The van der Waals surface area contributed by atoms with Gasteiger partial charge in [-0.05, 0) is 41.8 Å². The Hall–Kier alpha value is -4.08. The van der Waals surface area contributed by atoms with E-state index in [1.165, 1.54) is 13.3 Å². The highest BCUT2D eigenvalue weighted by molar-refractivity contribution is 5.98. The molecule has 0 aromatic heterocycles. The van der Waals surface area contributed by atoms with Crippen molar-refractivity contribution in [3.05, 3.63) is 53.6 Å². The second-order valence-corrected chi connectivity index (χ2v) is 7.43. The number of rotatable bonds is 9. The van der Waals surface area contributed by atoms with Crippen LogP contribution in [-0.4, -0.2) is 50.5 Å². The lowest BCUT2D eigenvalue weighted by atomic mass is 10.0. The van der Waals surface area contributed by atoms with E-state index in [0.29, 0.717) is 28.4 Å². The number of nitrogens with one attached hydrogen (secondary N) is 2. The molecular weight excluding hydrogens is 430 g/mol. The Morgan fingerprint density at radius 3 is 2.67 bits per heavy atom. The average Bonchev–Trinajstić information content (AvgIpc) is 3.28. The number of esters is 1. The van der Waals surface area contributed by atoms with Crippen LogP contribution in [0.1, 0.15) is 29.8 Å². The molecule has 0 radical (unpaired) electrons. The summed E-state index contributed by atoms with van der Waals surface area (Å²) in [5.74, 6) is -0.0618. The first-order chi connectivity index (χ1) is 15.9. The van der Waals surface area contributed by atoms with Crippen molar-refractivity contribution in [2.75, 3.05) is 20.5 Å². The van der Waals surface area contributed by atoms with Crippen LogP contribution in [0, 0.1) is 5.92 Å². The van der Waals surface area contributed by atoms with Crippen LogP contribution < -0.4 is 25.0 Å².